The van der Waals surface area contributed by atoms with Crippen LogP contribution in [-0.2, 0) is 9.53 Å². The number of alkyl carbamates (subject to hydrolysis) is 1. The molecule has 0 unspecified atom stereocenters. The van der Waals surface area contributed by atoms with Crippen molar-refractivity contribution in [3.05, 3.63) is 36.5 Å². The van der Waals surface area contributed by atoms with Gasteiger partial charge in [-0.2, -0.15) is 0 Å². The number of aromatic nitrogens is 2. The molecule has 3 heterocycles. The molecule has 2 amide bonds. The van der Waals surface area contributed by atoms with Crippen LogP contribution in [0.1, 0.15) is 66.7 Å². The molecule has 44 heavy (non-hydrogen) atoms. The van der Waals surface area contributed by atoms with E-state index in [0.29, 0.717) is 28.9 Å². The summed E-state index contributed by atoms with van der Waals surface area (Å²) in [5, 5.41) is 3.04. The molecule has 0 atom stereocenters. The van der Waals surface area contributed by atoms with Gasteiger partial charge in [0.1, 0.15) is 17.7 Å². The molecule has 1 spiro atoms. The molecule has 11 heteroatoms. The lowest BCUT2D eigenvalue weighted by molar-refractivity contribution is -0.121. The van der Waals surface area contributed by atoms with E-state index in [1.54, 1.807) is 13.2 Å². The first-order valence-corrected chi connectivity index (χ1v) is 15.8. The van der Waals surface area contributed by atoms with Crippen LogP contribution in [0.25, 0.3) is 0 Å². The third-order valence-corrected chi connectivity index (χ3v) is 8.88. The normalized spacial score (nSPS) is 21.4. The largest absolute Gasteiger partial charge is 0.450 e. The first-order valence-electron chi connectivity index (χ1n) is 15.8. The van der Waals surface area contributed by atoms with Crippen molar-refractivity contribution in [1.82, 2.24) is 20.2 Å². The fourth-order valence-electron chi connectivity index (χ4n) is 6.69. The molecule has 1 saturated carbocycles. The monoisotopic (exact) mass is 610 g/mol. The zero-order valence-corrected chi connectivity index (χ0v) is 26.9. The molecule has 2 saturated heterocycles. The smallest absolute Gasteiger partial charge is 0.407 e. The molecule has 0 bridgehead atoms. The molecule has 1 aliphatic carbocycles. The van der Waals surface area contributed by atoms with E-state index in [0.717, 1.165) is 58.4 Å². The molecule has 3 fully saturated rings. The number of hydrogen-bond donors (Lipinski definition) is 1. The van der Waals surface area contributed by atoms with Gasteiger partial charge < -0.3 is 29.5 Å². The van der Waals surface area contributed by atoms with Gasteiger partial charge >= 0.3 is 6.09 Å². The van der Waals surface area contributed by atoms with Crippen LogP contribution in [0.15, 0.2) is 30.7 Å². The summed E-state index contributed by atoms with van der Waals surface area (Å²) in [6.07, 6.45) is 8.31. The molecule has 240 valence electrons. The highest BCUT2D eigenvalue weighted by molar-refractivity contribution is 5.95. The molecule has 2 aromatic rings. The number of rotatable bonds is 9. The lowest BCUT2D eigenvalue weighted by Crippen LogP contribution is -2.72. The Kier molecular flexibility index (Phi) is 9.34. The Morgan fingerprint density at radius 1 is 1.11 bits per heavy atom. The number of carbonyl (C=O) groups excluding carboxylic acids is 2. The van der Waals surface area contributed by atoms with Crippen LogP contribution < -0.4 is 19.9 Å². The van der Waals surface area contributed by atoms with Gasteiger partial charge in [-0.1, -0.05) is 13.8 Å². The number of carbonyl (C=O) groups is 2. The Hall–Kier alpha value is -3.47. The van der Waals surface area contributed by atoms with Crippen LogP contribution in [0.5, 0.6) is 11.5 Å². The fraction of sp³-hybridized carbons (Fsp3) is 0.636. The van der Waals surface area contributed by atoms with Gasteiger partial charge in [0.25, 0.3) is 0 Å². The fourth-order valence-corrected chi connectivity index (χ4v) is 6.69. The molecule has 0 radical (unpaired) electrons. The van der Waals surface area contributed by atoms with Gasteiger partial charge in [0.2, 0.25) is 5.91 Å². The van der Waals surface area contributed by atoms with Crippen molar-refractivity contribution in [3.8, 4) is 11.5 Å². The predicted octanol–water partition coefficient (Wildman–Crippen LogP) is 5.62. The molecule has 1 aromatic heterocycles. The summed E-state index contributed by atoms with van der Waals surface area (Å²) in [6, 6.07) is 4.39. The van der Waals surface area contributed by atoms with E-state index in [2.05, 4.69) is 25.1 Å². The average molecular weight is 611 g/mol. The van der Waals surface area contributed by atoms with Gasteiger partial charge in [0, 0.05) is 56.7 Å². The number of amides is 2. The molecular formula is C33H47FN6O4. The summed E-state index contributed by atoms with van der Waals surface area (Å²) in [6.45, 7) is 14.3. The minimum absolute atomic E-state index is 0.132. The standard InChI is InChI=1S/C33H47FN6O4/c1-22(2)30(41)38(6)26-15-24(34)9-12-27(26)43-28-16-35-21-36-29(28)40-19-33(20-40)17-39(18-33)14-13-23-7-10-25(11-8-23)37-31(42)44-32(3,4)5/h9,12,15-16,21-23,25H,7-8,10-11,13-14,17-20H2,1-6H3,(H,37,42)/t23-,25-. The summed E-state index contributed by atoms with van der Waals surface area (Å²) < 4.78 is 25.8. The van der Waals surface area contributed by atoms with E-state index in [9.17, 15) is 14.0 Å². The number of ether oxygens (including phenoxy) is 2. The van der Waals surface area contributed by atoms with Crippen molar-refractivity contribution < 1.29 is 23.5 Å². The van der Waals surface area contributed by atoms with Gasteiger partial charge in [0.15, 0.2) is 17.3 Å². The number of halogens is 1. The van der Waals surface area contributed by atoms with E-state index in [4.69, 9.17) is 9.47 Å². The predicted molar refractivity (Wildman–Crippen MR) is 168 cm³/mol. The SMILES string of the molecule is CC(C)C(=O)N(C)c1cc(F)ccc1Oc1cncnc1N1CC2(CN(CC[C@H]3CC[C@H](NC(=O)OC(C)(C)C)CC3)C2)C1. The minimum Gasteiger partial charge on any atom is -0.450 e. The van der Waals surface area contributed by atoms with Crippen LogP contribution >= 0.6 is 0 Å². The second kappa shape index (κ2) is 12.9. The van der Waals surface area contributed by atoms with Gasteiger partial charge in [0.05, 0.1) is 11.9 Å². The highest BCUT2D eigenvalue weighted by atomic mass is 19.1. The van der Waals surface area contributed by atoms with Crippen LogP contribution in [0.2, 0.25) is 0 Å². The van der Waals surface area contributed by atoms with Crippen LogP contribution in [0, 0.1) is 23.1 Å². The van der Waals surface area contributed by atoms with E-state index >= 15 is 0 Å². The second-order valence-electron chi connectivity index (χ2n) is 14.2. The second-order valence-corrected chi connectivity index (χ2v) is 14.2. The van der Waals surface area contributed by atoms with Gasteiger partial charge in [-0.25, -0.2) is 19.2 Å². The van der Waals surface area contributed by atoms with E-state index in [1.807, 2.05) is 34.6 Å². The zero-order valence-electron chi connectivity index (χ0n) is 26.9. The minimum atomic E-state index is -0.473. The van der Waals surface area contributed by atoms with E-state index in [-0.39, 0.29) is 29.4 Å². The van der Waals surface area contributed by atoms with Crippen molar-refractivity contribution in [1.29, 1.82) is 0 Å². The lowest BCUT2D eigenvalue weighted by atomic mass is 9.72. The lowest BCUT2D eigenvalue weighted by Gasteiger charge is -2.61. The van der Waals surface area contributed by atoms with Crippen molar-refractivity contribution in [2.45, 2.75) is 78.4 Å². The third kappa shape index (κ3) is 7.60. The Morgan fingerprint density at radius 2 is 1.82 bits per heavy atom. The Morgan fingerprint density at radius 3 is 2.48 bits per heavy atom. The maximum atomic E-state index is 14.2. The number of benzene rings is 1. The molecule has 3 aliphatic rings. The first-order chi connectivity index (χ1) is 20.8. The molecule has 1 aromatic carbocycles. The number of likely N-dealkylation sites (tertiary alicyclic amines) is 1. The van der Waals surface area contributed by atoms with Crippen LogP contribution in [-0.4, -0.2) is 78.3 Å². The highest BCUT2D eigenvalue weighted by Crippen LogP contribution is 2.45. The summed E-state index contributed by atoms with van der Waals surface area (Å²) in [7, 11) is 1.63. The number of nitrogens with one attached hydrogen (secondary N) is 1. The molecular weight excluding hydrogens is 563 g/mol. The van der Waals surface area contributed by atoms with Gasteiger partial charge in [-0.3, -0.25) is 4.79 Å². The summed E-state index contributed by atoms with van der Waals surface area (Å²) in [4.78, 5) is 39.6. The number of hydrogen-bond acceptors (Lipinski definition) is 8. The van der Waals surface area contributed by atoms with Gasteiger partial charge in [-0.05, 0) is 77.5 Å². The van der Waals surface area contributed by atoms with E-state index < -0.39 is 11.4 Å². The zero-order chi connectivity index (χ0) is 31.6. The summed E-state index contributed by atoms with van der Waals surface area (Å²) in [5.74, 6) is 1.44. The number of anilines is 2. The van der Waals surface area contributed by atoms with Gasteiger partial charge in [-0.15, -0.1) is 0 Å². The van der Waals surface area contributed by atoms with Crippen LogP contribution in [0.4, 0.5) is 20.7 Å². The van der Waals surface area contributed by atoms with Crippen molar-refractivity contribution in [2.24, 2.45) is 17.3 Å². The average Bonchev–Trinajstić information content (AvgIpc) is 2.92. The number of nitrogens with zero attached hydrogens (tertiary/aromatic N) is 5. The maximum Gasteiger partial charge on any atom is 0.407 e. The highest BCUT2D eigenvalue weighted by Gasteiger charge is 2.52. The third-order valence-electron chi connectivity index (χ3n) is 8.88. The molecule has 1 N–H and O–H groups in total. The Bertz CT molecular complexity index is 1330. The van der Waals surface area contributed by atoms with Crippen LogP contribution in [0.3, 0.4) is 0 Å². The summed E-state index contributed by atoms with van der Waals surface area (Å²) in [5.41, 5.74) is 0.155. The maximum absolute atomic E-state index is 14.2. The quantitative estimate of drug-likeness (QED) is 0.391. The molecule has 10 nitrogen and oxygen atoms in total. The first kappa shape index (κ1) is 31.9. The summed E-state index contributed by atoms with van der Waals surface area (Å²) >= 11 is 0. The molecule has 2 aliphatic heterocycles. The van der Waals surface area contributed by atoms with E-state index in [1.165, 1.54) is 35.8 Å². The Balaban J connectivity index is 1.08. The van der Waals surface area contributed by atoms with Crippen molar-refractivity contribution >= 4 is 23.5 Å². The Labute approximate surface area is 260 Å². The molecule has 5 rings (SSSR count). The topological polar surface area (TPSA) is 100 Å². The van der Waals surface area contributed by atoms with Crippen molar-refractivity contribution in [3.63, 3.8) is 0 Å². The van der Waals surface area contributed by atoms with Crippen molar-refractivity contribution in [2.75, 3.05) is 49.6 Å².